The Morgan fingerprint density at radius 2 is 1.82 bits per heavy atom. The molecular formula is C18H16F3N3O3S. The number of hydrogen-bond donors (Lipinski definition) is 2. The molecule has 10 heteroatoms. The van der Waals surface area contributed by atoms with E-state index in [4.69, 9.17) is 0 Å². The highest BCUT2D eigenvalue weighted by Crippen LogP contribution is 2.30. The molecule has 0 spiro atoms. The zero-order valence-electron chi connectivity index (χ0n) is 14.6. The Labute approximate surface area is 158 Å². The van der Waals surface area contributed by atoms with Crippen LogP contribution in [0, 0.1) is 0 Å². The summed E-state index contributed by atoms with van der Waals surface area (Å²) in [6.45, 7) is 0. The summed E-state index contributed by atoms with van der Waals surface area (Å²) >= 11 is 0. The number of amides is 1. The number of fused-ring (bicyclic) bond motifs is 1. The molecule has 28 heavy (non-hydrogen) atoms. The molecule has 1 amide bonds. The number of imidazole rings is 1. The summed E-state index contributed by atoms with van der Waals surface area (Å²) in [5.74, 6) is -2.52. The second-order valence-electron chi connectivity index (χ2n) is 6.34. The molecule has 0 aliphatic rings. The van der Waals surface area contributed by atoms with Gasteiger partial charge in [-0.05, 0) is 23.3 Å². The number of halogens is 3. The lowest BCUT2D eigenvalue weighted by Crippen LogP contribution is -2.33. The van der Waals surface area contributed by atoms with Crippen molar-refractivity contribution in [3.63, 3.8) is 0 Å². The van der Waals surface area contributed by atoms with Crippen LogP contribution in [0.2, 0.25) is 0 Å². The summed E-state index contributed by atoms with van der Waals surface area (Å²) in [4.78, 5) is 17.9. The normalized spacial score (nSPS) is 13.4. The number of rotatable bonds is 5. The lowest BCUT2D eigenvalue weighted by molar-refractivity contribution is -0.144. The number of carbonyl (C=O) groups excluding carboxylic acids is 1. The van der Waals surface area contributed by atoms with E-state index in [1.807, 2.05) is 0 Å². The first-order valence-electron chi connectivity index (χ1n) is 8.12. The molecular weight excluding hydrogens is 395 g/mol. The Morgan fingerprint density at radius 3 is 2.43 bits per heavy atom. The van der Waals surface area contributed by atoms with E-state index in [9.17, 15) is 26.4 Å². The van der Waals surface area contributed by atoms with Gasteiger partial charge in [-0.25, -0.2) is 13.4 Å². The van der Waals surface area contributed by atoms with Gasteiger partial charge in [0, 0.05) is 6.26 Å². The number of sulfone groups is 1. The number of hydrogen-bond acceptors (Lipinski definition) is 4. The first-order valence-corrected chi connectivity index (χ1v) is 10.2. The van der Waals surface area contributed by atoms with E-state index >= 15 is 0 Å². The van der Waals surface area contributed by atoms with E-state index in [1.54, 1.807) is 36.4 Å². The van der Waals surface area contributed by atoms with Crippen LogP contribution in [0.1, 0.15) is 23.0 Å². The Kier molecular flexibility index (Phi) is 5.16. The van der Waals surface area contributed by atoms with Crippen molar-refractivity contribution in [1.29, 1.82) is 0 Å². The first-order chi connectivity index (χ1) is 13.0. The Morgan fingerprint density at radius 1 is 1.14 bits per heavy atom. The highest BCUT2D eigenvalue weighted by molar-refractivity contribution is 7.91. The van der Waals surface area contributed by atoms with Gasteiger partial charge in [-0.1, -0.05) is 36.4 Å². The minimum absolute atomic E-state index is 0.130. The summed E-state index contributed by atoms with van der Waals surface area (Å²) < 4.78 is 61.4. The second kappa shape index (κ2) is 7.27. The molecule has 2 N–H and O–H groups in total. The van der Waals surface area contributed by atoms with Crippen molar-refractivity contribution < 1.29 is 26.4 Å². The van der Waals surface area contributed by atoms with Crippen LogP contribution >= 0.6 is 0 Å². The SMILES string of the molecule is CS(=O)(=O)CC(=O)NC(c1ccccc1)c1ccc2nc(C(F)(F)F)[nH]c2c1. The molecule has 0 saturated carbocycles. The average Bonchev–Trinajstić information content (AvgIpc) is 3.02. The van der Waals surface area contributed by atoms with Crippen LogP contribution in [0.4, 0.5) is 13.2 Å². The van der Waals surface area contributed by atoms with Crippen molar-refractivity contribution in [2.24, 2.45) is 0 Å². The summed E-state index contributed by atoms with van der Waals surface area (Å²) in [7, 11) is -3.53. The van der Waals surface area contributed by atoms with Crippen LogP contribution in [0.3, 0.4) is 0 Å². The van der Waals surface area contributed by atoms with E-state index in [-0.39, 0.29) is 11.0 Å². The number of aromatic nitrogens is 2. The molecule has 0 fully saturated rings. The maximum absolute atomic E-state index is 12.9. The number of nitrogens with zero attached hydrogens (tertiary/aromatic N) is 1. The van der Waals surface area contributed by atoms with E-state index < -0.39 is 39.5 Å². The summed E-state index contributed by atoms with van der Waals surface area (Å²) in [6, 6.07) is 12.4. The number of nitrogens with one attached hydrogen (secondary N) is 2. The fourth-order valence-corrected chi connectivity index (χ4v) is 3.35. The van der Waals surface area contributed by atoms with Crippen LogP contribution in [0.5, 0.6) is 0 Å². The van der Waals surface area contributed by atoms with Crippen molar-refractivity contribution in [2.75, 3.05) is 12.0 Å². The standard InChI is InChI=1S/C18H16F3N3O3S/c1-28(26,27)10-15(25)24-16(11-5-3-2-4-6-11)12-7-8-13-14(9-12)23-17(22-13)18(19,20)21/h2-9,16H,10H2,1H3,(H,22,23)(H,24,25). The Bertz CT molecular complexity index is 1110. The minimum Gasteiger partial charge on any atom is -0.344 e. The Hall–Kier alpha value is -2.88. The lowest BCUT2D eigenvalue weighted by atomic mass is 9.98. The molecule has 0 radical (unpaired) electrons. The predicted octanol–water partition coefficient (Wildman–Crippen LogP) is 2.83. The number of aromatic amines is 1. The molecule has 2 aromatic carbocycles. The molecule has 0 aliphatic heterocycles. The second-order valence-corrected chi connectivity index (χ2v) is 8.48. The predicted molar refractivity (Wildman–Crippen MR) is 97.2 cm³/mol. The lowest BCUT2D eigenvalue weighted by Gasteiger charge is -2.20. The molecule has 1 heterocycles. The maximum atomic E-state index is 12.9. The van der Waals surface area contributed by atoms with Gasteiger partial charge in [-0.2, -0.15) is 13.2 Å². The zero-order valence-corrected chi connectivity index (χ0v) is 15.4. The van der Waals surface area contributed by atoms with E-state index in [2.05, 4.69) is 15.3 Å². The molecule has 0 aliphatic carbocycles. The Balaban J connectivity index is 2.01. The molecule has 1 aromatic heterocycles. The first kappa shape index (κ1) is 19.9. The van der Waals surface area contributed by atoms with Crippen molar-refractivity contribution in [2.45, 2.75) is 12.2 Å². The van der Waals surface area contributed by atoms with Crippen LogP contribution in [0.15, 0.2) is 48.5 Å². The van der Waals surface area contributed by atoms with Gasteiger partial charge in [-0.15, -0.1) is 0 Å². The number of H-pyrrole nitrogens is 1. The van der Waals surface area contributed by atoms with Gasteiger partial charge in [0.2, 0.25) is 11.7 Å². The number of carbonyl (C=O) groups is 1. The van der Waals surface area contributed by atoms with Gasteiger partial charge in [-0.3, -0.25) is 4.79 Å². The summed E-state index contributed by atoms with van der Waals surface area (Å²) in [5.41, 5.74) is 1.42. The van der Waals surface area contributed by atoms with Gasteiger partial charge in [0.25, 0.3) is 0 Å². The number of alkyl halides is 3. The molecule has 3 rings (SSSR count). The number of benzene rings is 2. The smallest absolute Gasteiger partial charge is 0.344 e. The van der Waals surface area contributed by atoms with Gasteiger partial charge in [0.05, 0.1) is 17.1 Å². The van der Waals surface area contributed by atoms with Crippen LogP contribution in [-0.4, -0.2) is 36.3 Å². The van der Waals surface area contributed by atoms with Crippen LogP contribution in [0.25, 0.3) is 11.0 Å². The van der Waals surface area contributed by atoms with Gasteiger partial charge < -0.3 is 10.3 Å². The molecule has 1 atom stereocenters. The quantitative estimate of drug-likeness (QED) is 0.675. The van der Waals surface area contributed by atoms with Crippen molar-refractivity contribution in [3.8, 4) is 0 Å². The molecule has 148 valence electrons. The average molecular weight is 411 g/mol. The topological polar surface area (TPSA) is 91.9 Å². The van der Waals surface area contributed by atoms with Crippen LogP contribution < -0.4 is 5.32 Å². The molecule has 0 saturated heterocycles. The van der Waals surface area contributed by atoms with E-state index in [0.29, 0.717) is 11.1 Å². The van der Waals surface area contributed by atoms with Crippen molar-refractivity contribution in [3.05, 3.63) is 65.5 Å². The fourth-order valence-electron chi connectivity index (χ4n) is 2.79. The van der Waals surface area contributed by atoms with E-state index in [1.165, 1.54) is 12.1 Å². The third-order valence-electron chi connectivity index (χ3n) is 3.94. The summed E-state index contributed by atoms with van der Waals surface area (Å²) in [5, 5.41) is 2.63. The minimum atomic E-state index is -4.61. The largest absolute Gasteiger partial charge is 0.449 e. The maximum Gasteiger partial charge on any atom is 0.449 e. The molecule has 1 unspecified atom stereocenters. The van der Waals surface area contributed by atoms with Crippen molar-refractivity contribution >= 4 is 26.8 Å². The third kappa shape index (κ3) is 4.69. The van der Waals surface area contributed by atoms with Crippen LogP contribution in [-0.2, 0) is 20.8 Å². The zero-order chi connectivity index (χ0) is 20.5. The molecule has 0 bridgehead atoms. The van der Waals surface area contributed by atoms with E-state index in [0.717, 1.165) is 6.26 Å². The molecule has 3 aromatic rings. The molecule has 6 nitrogen and oxygen atoms in total. The fraction of sp³-hybridized carbons (Fsp3) is 0.222. The third-order valence-corrected chi connectivity index (χ3v) is 4.73. The highest BCUT2D eigenvalue weighted by atomic mass is 32.2. The van der Waals surface area contributed by atoms with Crippen molar-refractivity contribution in [1.82, 2.24) is 15.3 Å². The van der Waals surface area contributed by atoms with Gasteiger partial charge >= 0.3 is 6.18 Å². The van der Waals surface area contributed by atoms with Gasteiger partial charge in [0.1, 0.15) is 5.75 Å². The van der Waals surface area contributed by atoms with Gasteiger partial charge in [0.15, 0.2) is 9.84 Å². The highest BCUT2D eigenvalue weighted by Gasteiger charge is 2.34. The monoisotopic (exact) mass is 411 g/mol. The summed E-state index contributed by atoms with van der Waals surface area (Å²) in [6.07, 6.45) is -3.67.